The quantitative estimate of drug-likeness (QED) is 0.920. The van der Waals surface area contributed by atoms with E-state index in [1.165, 1.54) is 5.56 Å². The van der Waals surface area contributed by atoms with E-state index in [4.69, 9.17) is 4.74 Å². The third-order valence-corrected chi connectivity index (χ3v) is 4.66. The highest BCUT2D eigenvalue weighted by Gasteiger charge is 2.15. The number of aryl methyl sites for hydroxylation is 1. The molecule has 1 N–H and O–H groups in total. The molecule has 0 amide bonds. The van der Waals surface area contributed by atoms with Crippen LogP contribution in [0.15, 0.2) is 29.6 Å². The number of aromatic nitrogens is 1. The summed E-state index contributed by atoms with van der Waals surface area (Å²) in [4.78, 5) is 6.90. The van der Waals surface area contributed by atoms with Crippen LogP contribution in [0.2, 0.25) is 0 Å². The van der Waals surface area contributed by atoms with Crippen LogP contribution in [-0.2, 0) is 13.2 Å². The third-order valence-electron chi connectivity index (χ3n) is 3.84. The van der Waals surface area contributed by atoms with Gasteiger partial charge >= 0.3 is 0 Å². The van der Waals surface area contributed by atoms with Crippen LogP contribution in [0.3, 0.4) is 0 Å². The summed E-state index contributed by atoms with van der Waals surface area (Å²) < 4.78 is 5.79. The maximum Gasteiger partial charge on any atom is 0.131 e. The molecule has 1 aliphatic rings. The first-order chi connectivity index (χ1) is 10.7. The lowest BCUT2D eigenvalue weighted by Crippen LogP contribution is -2.48. The summed E-state index contributed by atoms with van der Waals surface area (Å²) in [5.41, 5.74) is 2.34. The Bertz CT molecular complexity index is 596. The van der Waals surface area contributed by atoms with Crippen LogP contribution in [0.4, 0.5) is 0 Å². The molecule has 2 heterocycles. The molecule has 3 rings (SSSR count). The van der Waals surface area contributed by atoms with Gasteiger partial charge in [0.25, 0.3) is 0 Å². The zero-order chi connectivity index (χ0) is 15.4. The molecular formula is C17H23N3OS. The maximum atomic E-state index is 5.79. The van der Waals surface area contributed by atoms with E-state index in [0.29, 0.717) is 12.6 Å². The second kappa shape index (κ2) is 7.22. The summed E-state index contributed by atoms with van der Waals surface area (Å²) in [7, 11) is 0. The number of nitrogens with zero attached hydrogens (tertiary/aromatic N) is 2. The van der Waals surface area contributed by atoms with Gasteiger partial charge in [0.1, 0.15) is 12.4 Å². The minimum Gasteiger partial charge on any atom is -0.487 e. The van der Waals surface area contributed by atoms with Gasteiger partial charge in [0.2, 0.25) is 0 Å². The van der Waals surface area contributed by atoms with Crippen molar-refractivity contribution in [3.8, 4) is 5.75 Å². The fraction of sp³-hybridized carbons (Fsp3) is 0.471. The normalized spacial score (nSPS) is 19.3. The van der Waals surface area contributed by atoms with Crippen LogP contribution in [0.25, 0.3) is 0 Å². The summed E-state index contributed by atoms with van der Waals surface area (Å²) in [6, 6.07) is 9.01. The predicted octanol–water partition coefficient (Wildman–Crippen LogP) is 2.82. The molecule has 0 unspecified atom stereocenters. The zero-order valence-electron chi connectivity index (χ0n) is 13.2. The minimum atomic E-state index is 0.541. The number of hydrogen-bond donors (Lipinski definition) is 1. The fourth-order valence-electron chi connectivity index (χ4n) is 2.74. The summed E-state index contributed by atoms with van der Waals surface area (Å²) in [6.45, 7) is 9.11. The van der Waals surface area contributed by atoms with Crippen LogP contribution >= 0.6 is 11.3 Å². The van der Waals surface area contributed by atoms with Gasteiger partial charge in [-0.15, -0.1) is 11.3 Å². The van der Waals surface area contributed by atoms with E-state index in [9.17, 15) is 0 Å². The summed E-state index contributed by atoms with van der Waals surface area (Å²) in [6.07, 6.45) is 0. The Kier molecular flexibility index (Phi) is 5.08. The van der Waals surface area contributed by atoms with Crippen molar-refractivity contribution in [2.45, 2.75) is 33.0 Å². The number of rotatable bonds is 5. The van der Waals surface area contributed by atoms with E-state index in [1.807, 2.05) is 6.92 Å². The van der Waals surface area contributed by atoms with Gasteiger partial charge in [-0.05, 0) is 31.5 Å². The number of thiazole rings is 1. The summed E-state index contributed by atoms with van der Waals surface area (Å²) >= 11 is 1.66. The van der Waals surface area contributed by atoms with Gasteiger partial charge < -0.3 is 10.1 Å². The monoisotopic (exact) mass is 317 g/mol. The topological polar surface area (TPSA) is 37.4 Å². The van der Waals surface area contributed by atoms with E-state index >= 15 is 0 Å². The molecule has 4 nitrogen and oxygen atoms in total. The molecule has 0 aliphatic carbocycles. The first-order valence-electron chi connectivity index (χ1n) is 7.77. The molecule has 1 atom stereocenters. The lowest BCUT2D eigenvalue weighted by molar-refractivity contribution is 0.199. The molecule has 1 aliphatic heterocycles. The average Bonchev–Trinajstić information content (AvgIpc) is 2.92. The van der Waals surface area contributed by atoms with Gasteiger partial charge in [0, 0.05) is 37.6 Å². The largest absolute Gasteiger partial charge is 0.487 e. The summed E-state index contributed by atoms with van der Waals surface area (Å²) in [5, 5.41) is 6.61. The molecule has 1 fully saturated rings. The highest BCUT2D eigenvalue weighted by Crippen LogP contribution is 2.17. The lowest BCUT2D eigenvalue weighted by atomic mass is 10.1. The molecule has 1 aromatic carbocycles. The van der Waals surface area contributed by atoms with Crippen molar-refractivity contribution < 1.29 is 4.74 Å². The molecule has 2 aromatic rings. The Morgan fingerprint density at radius 3 is 2.86 bits per heavy atom. The SMILES string of the molecule is Cc1nc(COc2ccc(CN3CCN[C@@H](C)C3)cc2)cs1. The molecule has 5 heteroatoms. The first kappa shape index (κ1) is 15.5. The molecule has 0 saturated carbocycles. The van der Waals surface area contributed by atoms with E-state index in [0.717, 1.165) is 42.6 Å². The molecule has 0 radical (unpaired) electrons. The number of hydrogen-bond acceptors (Lipinski definition) is 5. The molecule has 0 spiro atoms. The third kappa shape index (κ3) is 4.29. The van der Waals surface area contributed by atoms with Gasteiger partial charge in [-0.25, -0.2) is 4.98 Å². The standard InChI is InChI=1S/C17H23N3OS/c1-13-9-20(8-7-18-13)10-15-3-5-17(6-4-15)21-11-16-12-22-14(2)19-16/h3-6,12-13,18H,7-11H2,1-2H3/t13-/m0/s1. The van der Waals surface area contributed by atoms with Gasteiger partial charge in [-0.1, -0.05) is 12.1 Å². The first-order valence-corrected chi connectivity index (χ1v) is 8.65. The van der Waals surface area contributed by atoms with Gasteiger partial charge in [-0.2, -0.15) is 0 Å². The van der Waals surface area contributed by atoms with Gasteiger partial charge in [-0.3, -0.25) is 4.90 Å². The number of piperazine rings is 1. The molecular weight excluding hydrogens is 294 g/mol. The Morgan fingerprint density at radius 1 is 1.36 bits per heavy atom. The smallest absolute Gasteiger partial charge is 0.131 e. The van der Waals surface area contributed by atoms with Crippen LogP contribution in [0.1, 0.15) is 23.2 Å². The van der Waals surface area contributed by atoms with E-state index < -0.39 is 0 Å². The Balaban J connectivity index is 1.51. The second-order valence-corrected chi connectivity index (χ2v) is 6.94. The van der Waals surface area contributed by atoms with E-state index in [2.05, 4.69) is 51.8 Å². The maximum absolute atomic E-state index is 5.79. The minimum absolute atomic E-state index is 0.541. The van der Waals surface area contributed by atoms with Crippen molar-refractivity contribution in [3.63, 3.8) is 0 Å². The van der Waals surface area contributed by atoms with Crippen LogP contribution in [0.5, 0.6) is 5.75 Å². The van der Waals surface area contributed by atoms with Crippen LogP contribution in [0, 0.1) is 6.92 Å². The molecule has 1 aromatic heterocycles. The van der Waals surface area contributed by atoms with Crippen molar-refractivity contribution in [2.75, 3.05) is 19.6 Å². The van der Waals surface area contributed by atoms with Gasteiger partial charge in [0.05, 0.1) is 10.7 Å². The highest BCUT2D eigenvalue weighted by atomic mass is 32.1. The van der Waals surface area contributed by atoms with Gasteiger partial charge in [0.15, 0.2) is 0 Å². The van der Waals surface area contributed by atoms with E-state index in [1.54, 1.807) is 11.3 Å². The molecule has 0 bridgehead atoms. The van der Waals surface area contributed by atoms with Crippen molar-refractivity contribution in [1.82, 2.24) is 15.2 Å². The Morgan fingerprint density at radius 2 is 2.18 bits per heavy atom. The van der Waals surface area contributed by atoms with Crippen molar-refractivity contribution >= 4 is 11.3 Å². The number of benzene rings is 1. The van der Waals surface area contributed by atoms with Crippen molar-refractivity contribution in [1.29, 1.82) is 0 Å². The van der Waals surface area contributed by atoms with Crippen molar-refractivity contribution in [3.05, 3.63) is 45.9 Å². The zero-order valence-corrected chi connectivity index (χ0v) is 14.0. The van der Waals surface area contributed by atoms with Crippen molar-refractivity contribution in [2.24, 2.45) is 0 Å². The Hall–Kier alpha value is -1.43. The number of ether oxygens (including phenoxy) is 1. The number of nitrogens with one attached hydrogen (secondary N) is 1. The highest BCUT2D eigenvalue weighted by molar-refractivity contribution is 7.09. The molecule has 22 heavy (non-hydrogen) atoms. The predicted molar refractivity (Wildman–Crippen MR) is 90.4 cm³/mol. The average molecular weight is 317 g/mol. The molecule has 118 valence electrons. The lowest BCUT2D eigenvalue weighted by Gasteiger charge is -2.31. The Labute approximate surface area is 136 Å². The second-order valence-electron chi connectivity index (χ2n) is 5.88. The van der Waals surface area contributed by atoms with E-state index in [-0.39, 0.29) is 0 Å². The summed E-state index contributed by atoms with van der Waals surface area (Å²) in [5.74, 6) is 0.906. The molecule has 1 saturated heterocycles. The van der Waals surface area contributed by atoms with Crippen LogP contribution < -0.4 is 10.1 Å². The fourth-order valence-corrected chi connectivity index (χ4v) is 3.33. The van der Waals surface area contributed by atoms with Crippen LogP contribution in [-0.4, -0.2) is 35.6 Å².